The van der Waals surface area contributed by atoms with Crippen LogP contribution in [0.3, 0.4) is 0 Å². The van der Waals surface area contributed by atoms with Gasteiger partial charge >= 0.3 is 0 Å². The van der Waals surface area contributed by atoms with Gasteiger partial charge in [0.1, 0.15) is 17.7 Å². The van der Waals surface area contributed by atoms with Crippen molar-refractivity contribution >= 4 is 35.2 Å². The second-order valence-electron chi connectivity index (χ2n) is 12.6. The van der Waals surface area contributed by atoms with Crippen LogP contribution in [0.1, 0.15) is 40.5 Å². The number of fused-ring (bicyclic) bond motifs is 20. The molecule has 4 aromatic rings. The Morgan fingerprint density at radius 2 is 1.68 bits per heavy atom. The summed E-state index contributed by atoms with van der Waals surface area (Å²) < 4.78 is 18.8. The van der Waals surface area contributed by atoms with E-state index in [0.29, 0.717) is 12.1 Å². The van der Waals surface area contributed by atoms with Crippen molar-refractivity contribution in [2.75, 3.05) is 47.0 Å². The largest absolute Gasteiger partial charge is 0.493 e. The van der Waals surface area contributed by atoms with Crippen molar-refractivity contribution in [3.8, 4) is 17.2 Å². The number of rotatable bonds is 6. The molecule has 2 bridgehead atoms. The Morgan fingerprint density at radius 1 is 0.943 bits per heavy atom. The number of carbonyl (C=O) groups is 5. The third-order valence-corrected chi connectivity index (χ3v) is 8.78. The molecule has 0 radical (unpaired) electrons. The van der Waals surface area contributed by atoms with Crippen LogP contribution in [0.25, 0.3) is 5.65 Å². The Labute approximate surface area is 307 Å². The molecule has 2 aromatic carbocycles. The molecule has 5 amide bonds. The fourth-order valence-electron chi connectivity index (χ4n) is 5.89. The van der Waals surface area contributed by atoms with Crippen molar-refractivity contribution < 1.29 is 38.2 Å². The lowest BCUT2D eigenvalue weighted by Crippen LogP contribution is -2.54. The minimum atomic E-state index is -1.03. The Bertz CT molecular complexity index is 1920. The zero-order valence-corrected chi connectivity index (χ0v) is 30.3. The smallest absolute Gasteiger partial charge is 0.252 e. The van der Waals surface area contributed by atoms with Gasteiger partial charge in [-0.1, -0.05) is 36.4 Å². The maximum Gasteiger partial charge on any atom is 0.252 e. The number of hydrogen-bond donors (Lipinski definition) is 4. The third kappa shape index (κ3) is 9.81. The Hall–Kier alpha value is -6.12. The minimum Gasteiger partial charge on any atom is -0.493 e. The van der Waals surface area contributed by atoms with Crippen LogP contribution in [0.2, 0.25) is 0 Å². The molecule has 2 atom stereocenters. The van der Waals surface area contributed by atoms with Gasteiger partial charge in [0.25, 0.3) is 5.91 Å². The van der Waals surface area contributed by atoms with Gasteiger partial charge in [0, 0.05) is 44.0 Å². The SMILES string of the molecule is COc1cc2cc(OC)c1OCCCNC(=O)CN(C(=O)Cc1cnc3c(C)cccn13)CCNC(=O)[C@@H](Cc1ccccc1)NC(=O)[C@H](C)NC2=O. The van der Waals surface area contributed by atoms with E-state index < -0.39 is 35.7 Å². The third-order valence-electron chi connectivity index (χ3n) is 8.78. The summed E-state index contributed by atoms with van der Waals surface area (Å²) in [4.78, 5) is 73.0. The summed E-state index contributed by atoms with van der Waals surface area (Å²) in [7, 11) is 2.84. The quantitative estimate of drug-likeness (QED) is 0.215. The number of nitrogens with one attached hydrogen (secondary N) is 4. The number of ether oxygens (including phenoxy) is 3. The molecule has 53 heavy (non-hydrogen) atoms. The Morgan fingerprint density at radius 3 is 2.40 bits per heavy atom. The lowest BCUT2D eigenvalue weighted by Gasteiger charge is -2.25. The molecule has 0 unspecified atom stereocenters. The summed E-state index contributed by atoms with van der Waals surface area (Å²) in [5.41, 5.74) is 3.29. The van der Waals surface area contributed by atoms with Gasteiger partial charge in [-0.25, -0.2) is 4.98 Å². The Balaban J connectivity index is 1.39. The number of aryl methyl sites for hydroxylation is 1. The van der Waals surface area contributed by atoms with Crippen LogP contribution in [-0.4, -0.2) is 103 Å². The van der Waals surface area contributed by atoms with Gasteiger partial charge < -0.3 is 44.8 Å². The number of nitrogens with zero attached hydrogens (tertiary/aromatic N) is 3. The van der Waals surface area contributed by atoms with E-state index >= 15 is 0 Å². The molecule has 6 rings (SSSR count). The highest BCUT2D eigenvalue weighted by Gasteiger charge is 2.27. The standard InChI is InChI=1S/C38H45N7O8/c1-24-10-8-15-45-28(22-41-35(24)45)21-33(47)44-16-14-40-38(50)29(18-26-11-6-5-7-12-26)43-36(48)25(2)42-37(49)27-19-30(51-3)34(31(20-27)52-4)53-17-9-13-39-32(46)23-44/h5-8,10-12,15,19-20,22,25,29H,9,13-14,16-18,21,23H2,1-4H3,(H,39,46)(H,40,50)(H,42,49)(H,43,48)/t25-,29+/m0/s1. The molecule has 0 fully saturated rings. The molecule has 0 spiro atoms. The van der Waals surface area contributed by atoms with Crippen LogP contribution in [-0.2, 0) is 32.0 Å². The fraction of sp³-hybridized carbons (Fsp3) is 0.368. The van der Waals surface area contributed by atoms with Gasteiger partial charge in [-0.2, -0.15) is 0 Å². The molecule has 0 saturated heterocycles. The molecule has 0 saturated carbocycles. The lowest BCUT2D eigenvalue weighted by atomic mass is 10.0. The molecular formula is C38H45N7O8. The highest BCUT2D eigenvalue weighted by molar-refractivity contribution is 5.99. The van der Waals surface area contributed by atoms with Gasteiger partial charge in [0.05, 0.1) is 39.5 Å². The average Bonchev–Trinajstić information content (AvgIpc) is 3.57. The van der Waals surface area contributed by atoms with Crippen LogP contribution in [0, 0.1) is 6.92 Å². The zero-order chi connectivity index (χ0) is 37.9. The van der Waals surface area contributed by atoms with Gasteiger partial charge in [-0.15, -0.1) is 0 Å². The maximum atomic E-state index is 13.7. The van der Waals surface area contributed by atoms with Crippen molar-refractivity contribution in [3.05, 3.63) is 89.4 Å². The molecule has 4 heterocycles. The summed E-state index contributed by atoms with van der Waals surface area (Å²) in [6.45, 7) is 3.62. The molecular weight excluding hydrogens is 682 g/mol. The van der Waals surface area contributed by atoms with Crippen molar-refractivity contribution in [3.63, 3.8) is 0 Å². The molecule has 4 N–H and O–H groups in total. The number of amides is 5. The van der Waals surface area contributed by atoms with E-state index in [2.05, 4.69) is 26.3 Å². The summed E-state index contributed by atoms with van der Waals surface area (Å²) in [6.07, 6.45) is 4.00. The maximum absolute atomic E-state index is 13.7. The molecule has 0 aliphatic carbocycles. The van der Waals surface area contributed by atoms with E-state index in [0.717, 1.165) is 16.8 Å². The molecule has 2 aliphatic rings. The van der Waals surface area contributed by atoms with E-state index in [9.17, 15) is 24.0 Å². The fourth-order valence-corrected chi connectivity index (χ4v) is 5.89. The molecule has 2 aromatic heterocycles. The predicted octanol–water partition coefficient (Wildman–Crippen LogP) is 1.59. The van der Waals surface area contributed by atoms with E-state index in [1.165, 1.54) is 38.2 Å². The highest BCUT2D eigenvalue weighted by Crippen LogP contribution is 2.38. The molecule has 15 nitrogen and oxygen atoms in total. The van der Waals surface area contributed by atoms with Gasteiger partial charge in [0.15, 0.2) is 11.5 Å². The molecule has 280 valence electrons. The van der Waals surface area contributed by atoms with Crippen LogP contribution in [0.4, 0.5) is 0 Å². The second kappa shape index (κ2) is 17.9. The number of aromatic nitrogens is 2. The monoisotopic (exact) mass is 727 g/mol. The van der Waals surface area contributed by atoms with Crippen molar-refractivity contribution in [2.24, 2.45) is 0 Å². The summed E-state index contributed by atoms with van der Waals surface area (Å²) >= 11 is 0. The van der Waals surface area contributed by atoms with Crippen molar-refractivity contribution in [2.45, 2.75) is 45.2 Å². The van der Waals surface area contributed by atoms with Gasteiger partial charge in [-0.3, -0.25) is 24.0 Å². The van der Waals surface area contributed by atoms with E-state index in [1.54, 1.807) is 6.20 Å². The summed E-state index contributed by atoms with van der Waals surface area (Å²) in [6, 6.07) is 13.8. The van der Waals surface area contributed by atoms with E-state index in [4.69, 9.17) is 14.2 Å². The second-order valence-corrected chi connectivity index (χ2v) is 12.6. The summed E-state index contributed by atoms with van der Waals surface area (Å²) in [5, 5.41) is 11.1. The first-order chi connectivity index (χ1) is 25.6. The highest BCUT2D eigenvalue weighted by atomic mass is 16.5. The molecule has 2 aliphatic heterocycles. The van der Waals surface area contributed by atoms with Crippen LogP contribution in [0.15, 0.2) is 67.0 Å². The average molecular weight is 728 g/mol. The number of hydrogen-bond acceptors (Lipinski definition) is 9. The number of benzene rings is 2. The topological polar surface area (TPSA) is 182 Å². The van der Waals surface area contributed by atoms with Crippen molar-refractivity contribution in [1.82, 2.24) is 35.6 Å². The van der Waals surface area contributed by atoms with E-state index in [1.807, 2.05) is 60.0 Å². The van der Waals surface area contributed by atoms with Gasteiger partial charge in [0.2, 0.25) is 29.4 Å². The zero-order valence-electron chi connectivity index (χ0n) is 30.3. The van der Waals surface area contributed by atoms with Gasteiger partial charge in [-0.05, 0) is 49.6 Å². The molecule has 15 heteroatoms. The van der Waals surface area contributed by atoms with Crippen molar-refractivity contribution in [1.29, 1.82) is 0 Å². The first kappa shape index (κ1) is 38.1. The van der Waals surface area contributed by atoms with Crippen LogP contribution >= 0.6 is 0 Å². The first-order valence-electron chi connectivity index (χ1n) is 17.4. The first-order valence-corrected chi connectivity index (χ1v) is 17.4. The van der Waals surface area contributed by atoms with Crippen LogP contribution < -0.4 is 35.5 Å². The minimum absolute atomic E-state index is 0.00463. The normalized spacial score (nSPS) is 18.1. The number of imidazole rings is 1. The number of methoxy groups -OCH3 is 2. The predicted molar refractivity (Wildman–Crippen MR) is 195 cm³/mol. The van der Waals surface area contributed by atoms with Crippen LogP contribution in [0.5, 0.6) is 17.2 Å². The number of carbonyl (C=O) groups excluding carboxylic acids is 5. The summed E-state index contributed by atoms with van der Waals surface area (Å²) in [5.74, 6) is -1.67. The van der Waals surface area contributed by atoms with E-state index in [-0.39, 0.29) is 74.3 Å². The Kier molecular flexibility index (Phi) is 12.9. The lowest BCUT2D eigenvalue weighted by molar-refractivity contribution is -0.135. The number of pyridine rings is 1.